The molecule has 0 atom stereocenters. The number of ether oxygens (including phenoxy) is 1. The molecule has 1 amide bonds. The summed E-state index contributed by atoms with van der Waals surface area (Å²) in [6.45, 7) is 5.97. The molecule has 0 fully saturated rings. The van der Waals surface area contributed by atoms with Gasteiger partial charge in [-0.1, -0.05) is 17.7 Å². The highest BCUT2D eigenvalue weighted by Crippen LogP contribution is 2.23. The number of carbonyl (C=O) groups excluding carboxylic acids is 2. The number of carbonyl (C=O) groups is 2. The Balaban J connectivity index is 1.83. The van der Waals surface area contributed by atoms with Crippen LogP contribution in [-0.2, 0) is 4.74 Å². The molecule has 7 nitrogen and oxygen atoms in total. The summed E-state index contributed by atoms with van der Waals surface area (Å²) in [7, 11) is 1.28. The lowest BCUT2D eigenvalue weighted by atomic mass is 10.0. The van der Waals surface area contributed by atoms with Crippen molar-refractivity contribution in [2.75, 3.05) is 18.2 Å². The minimum atomic E-state index is -0.552. The second-order valence-electron chi connectivity index (χ2n) is 6.62. The maximum Gasteiger partial charge on any atom is 0.343 e. The minimum Gasteiger partial charge on any atom is -0.465 e. The standard InChI is InChI=1S/C21H22N4O3/c1-12-9-13(2)18(14(3)10-12)24-20(26)15-5-7-16(8-6-15)25-19(22)17(11-23-25)21(27)28-4/h5-11H,22H2,1-4H3,(H,24,26). The SMILES string of the molecule is COC(=O)c1cnn(-c2ccc(C(=O)Nc3c(C)cc(C)cc3C)cc2)c1N. The average molecular weight is 378 g/mol. The molecule has 1 aromatic heterocycles. The fraction of sp³-hybridized carbons (Fsp3) is 0.190. The molecule has 3 N–H and O–H groups in total. The van der Waals surface area contributed by atoms with E-state index in [1.54, 1.807) is 24.3 Å². The van der Waals surface area contributed by atoms with E-state index in [2.05, 4.69) is 15.2 Å². The van der Waals surface area contributed by atoms with E-state index in [0.29, 0.717) is 11.3 Å². The van der Waals surface area contributed by atoms with Gasteiger partial charge in [0.2, 0.25) is 0 Å². The summed E-state index contributed by atoms with van der Waals surface area (Å²) >= 11 is 0. The zero-order valence-corrected chi connectivity index (χ0v) is 16.2. The van der Waals surface area contributed by atoms with Crippen molar-refractivity contribution in [3.05, 3.63) is 70.4 Å². The fourth-order valence-electron chi connectivity index (χ4n) is 3.15. The first-order valence-corrected chi connectivity index (χ1v) is 8.73. The summed E-state index contributed by atoms with van der Waals surface area (Å²) in [5.74, 6) is -0.580. The van der Waals surface area contributed by atoms with Crippen molar-refractivity contribution in [2.45, 2.75) is 20.8 Å². The normalized spacial score (nSPS) is 10.6. The molecule has 7 heteroatoms. The van der Waals surface area contributed by atoms with Crippen molar-refractivity contribution in [3.8, 4) is 5.69 Å². The highest BCUT2D eigenvalue weighted by molar-refractivity contribution is 6.05. The molecule has 144 valence electrons. The Morgan fingerprint density at radius 2 is 1.68 bits per heavy atom. The van der Waals surface area contributed by atoms with Crippen molar-refractivity contribution >= 4 is 23.4 Å². The molecular formula is C21H22N4O3. The molecule has 0 radical (unpaired) electrons. The molecule has 0 aliphatic carbocycles. The topological polar surface area (TPSA) is 99.2 Å². The number of nitrogens with one attached hydrogen (secondary N) is 1. The van der Waals surface area contributed by atoms with Crippen LogP contribution >= 0.6 is 0 Å². The number of anilines is 2. The lowest BCUT2D eigenvalue weighted by Crippen LogP contribution is -2.14. The van der Waals surface area contributed by atoms with Crippen molar-refractivity contribution in [3.63, 3.8) is 0 Å². The Morgan fingerprint density at radius 1 is 1.07 bits per heavy atom. The van der Waals surface area contributed by atoms with Gasteiger partial charge in [0.1, 0.15) is 11.4 Å². The number of rotatable bonds is 4. The van der Waals surface area contributed by atoms with E-state index in [0.717, 1.165) is 22.4 Å². The quantitative estimate of drug-likeness (QED) is 0.678. The third-order valence-electron chi connectivity index (χ3n) is 4.50. The fourth-order valence-corrected chi connectivity index (χ4v) is 3.15. The van der Waals surface area contributed by atoms with Gasteiger partial charge in [-0.3, -0.25) is 4.79 Å². The van der Waals surface area contributed by atoms with E-state index in [9.17, 15) is 9.59 Å². The average Bonchev–Trinajstić information content (AvgIpc) is 3.05. The van der Waals surface area contributed by atoms with Crippen molar-refractivity contribution in [1.82, 2.24) is 9.78 Å². The Hall–Kier alpha value is -3.61. The highest BCUT2D eigenvalue weighted by atomic mass is 16.5. The highest BCUT2D eigenvalue weighted by Gasteiger charge is 2.17. The molecule has 0 aliphatic heterocycles. The molecule has 0 unspecified atom stereocenters. The number of hydrogen-bond donors (Lipinski definition) is 2. The van der Waals surface area contributed by atoms with Crippen molar-refractivity contribution < 1.29 is 14.3 Å². The molecule has 0 spiro atoms. The molecule has 2 aromatic carbocycles. The second kappa shape index (κ2) is 7.56. The van der Waals surface area contributed by atoms with Gasteiger partial charge in [-0.15, -0.1) is 0 Å². The monoisotopic (exact) mass is 378 g/mol. The van der Waals surface area contributed by atoms with Crippen LogP contribution in [0.2, 0.25) is 0 Å². The summed E-state index contributed by atoms with van der Waals surface area (Å²) in [4.78, 5) is 24.3. The number of esters is 1. The summed E-state index contributed by atoms with van der Waals surface area (Å²) in [6, 6.07) is 10.9. The van der Waals surface area contributed by atoms with Gasteiger partial charge in [0.15, 0.2) is 0 Å². The molecule has 0 saturated heterocycles. The summed E-state index contributed by atoms with van der Waals surface area (Å²) < 4.78 is 6.09. The number of benzene rings is 2. The summed E-state index contributed by atoms with van der Waals surface area (Å²) in [5, 5.41) is 7.09. The molecule has 3 rings (SSSR count). The van der Waals surface area contributed by atoms with E-state index in [1.807, 2.05) is 32.9 Å². The van der Waals surface area contributed by atoms with Gasteiger partial charge in [0.25, 0.3) is 5.91 Å². The number of nitrogens with two attached hydrogens (primary N) is 1. The smallest absolute Gasteiger partial charge is 0.343 e. The Kier molecular flexibility index (Phi) is 5.17. The van der Waals surface area contributed by atoms with Crippen molar-refractivity contribution in [1.29, 1.82) is 0 Å². The lowest BCUT2D eigenvalue weighted by molar-refractivity contribution is 0.0602. The largest absolute Gasteiger partial charge is 0.465 e. The van der Waals surface area contributed by atoms with E-state index in [-0.39, 0.29) is 17.3 Å². The summed E-state index contributed by atoms with van der Waals surface area (Å²) in [5.41, 5.74) is 11.3. The summed E-state index contributed by atoms with van der Waals surface area (Å²) in [6.07, 6.45) is 1.35. The number of hydrogen-bond acceptors (Lipinski definition) is 5. The van der Waals surface area contributed by atoms with Gasteiger partial charge >= 0.3 is 5.97 Å². The predicted molar refractivity (Wildman–Crippen MR) is 108 cm³/mol. The van der Waals surface area contributed by atoms with Crippen LogP contribution in [0.25, 0.3) is 5.69 Å². The van der Waals surface area contributed by atoms with Crippen molar-refractivity contribution in [2.24, 2.45) is 0 Å². The molecule has 0 saturated carbocycles. The number of aromatic nitrogens is 2. The zero-order chi connectivity index (χ0) is 20.4. The van der Waals surface area contributed by atoms with E-state index in [1.165, 1.54) is 18.0 Å². The Labute approximate surface area is 163 Å². The predicted octanol–water partition coefficient (Wildman–Crippen LogP) is 3.42. The first-order valence-electron chi connectivity index (χ1n) is 8.73. The zero-order valence-electron chi connectivity index (χ0n) is 16.2. The lowest BCUT2D eigenvalue weighted by Gasteiger charge is -2.13. The molecular weight excluding hydrogens is 356 g/mol. The van der Waals surface area contributed by atoms with E-state index < -0.39 is 5.97 Å². The Morgan fingerprint density at radius 3 is 2.25 bits per heavy atom. The minimum absolute atomic E-state index is 0.176. The molecule has 28 heavy (non-hydrogen) atoms. The van der Waals surface area contributed by atoms with Crippen LogP contribution in [0, 0.1) is 20.8 Å². The van der Waals surface area contributed by atoms with Crippen LogP contribution in [0.4, 0.5) is 11.5 Å². The second-order valence-corrected chi connectivity index (χ2v) is 6.62. The molecule has 3 aromatic rings. The number of nitrogens with zero attached hydrogens (tertiary/aromatic N) is 2. The van der Waals surface area contributed by atoms with E-state index >= 15 is 0 Å². The number of aryl methyl sites for hydroxylation is 3. The third kappa shape index (κ3) is 3.59. The number of amides is 1. The van der Waals surface area contributed by atoms with Crippen LogP contribution in [0.5, 0.6) is 0 Å². The van der Waals surface area contributed by atoms with Crippen LogP contribution in [0.3, 0.4) is 0 Å². The van der Waals surface area contributed by atoms with Crippen LogP contribution < -0.4 is 11.1 Å². The maximum absolute atomic E-state index is 12.6. The molecule has 1 heterocycles. The molecule has 0 aliphatic rings. The Bertz CT molecular complexity index is 1030. The number of nitrogen functional groups attached to an aromatic ring is 1. The third-order valence-corrected chi connectivity index (χ3v) is 4.50. The van der Waals surface area contributed by atoms with Gasteiger partial charge in [-0.05, 0) is 56.2 Å². The van der Waals surface area contributed by atoms with Crippen LogP contribution in [0.1, 0.15) is 37.4 Å². The van der Waals surface area contributed by atoms with Gasteiger partial charge in [-0.2, -0.15) is 5.10 Å². The van der Waals surface area contributed by atoms with Gasteiger partial charge in [-0.25, -0.2) is 9.48 Å². The maximum atomic E-state index is 12.6. The first-order chi connectivity index (χ1) is 13.3. The van der Waals surface area contributed by atoms with Gasteiger partial charge in [0.05, 0.1) is 19.0 Å². The first kappa shape index (κ1) is 19.2. The van der Waals surface area contributed by atoms with Gasteiger partial charge in [0, 0.05) is 11.3 Å². The number of methoxy groups -OCH3 is 1. The van der Waals surface area contributed by atoms with E-state index in [4.69, 9.17) is 5.73 Å². The van der Waals surface area contributed by atoms with Crippen LogP contribution in [-0.4, -0.2) is 28.8 Å². The van der Waals surface area contributed by atoms with Crippen LogP contribution in [0.15, 0.2) is 42.6 Å². The van der Waals surface area contributed by atoms with Gasteiger partial charge < -0.3 is 15.8 Å². The molecule has 0 bridgehead atoms.